The summed E-state index contributed by atoms with van der Waals surface area (Å²) in [5, 5.41) is 2.18. The molecule has 2 heteroatoms. The molecular formula is C25H19NO. The molecule has 0 radical (unpaired) electrons. The van der Waals surface area contributed by atoms with Crippen LogP contribution in [0.1, 0.15) is 11.1 Å². The van der Waals surface area contributed by atoms with Gasteiger partial charge in [-0.2, -0.15) is 0 Å². The normalized spacial score (nSPS) is 15.7. The third kappa shape index (κ3) is 2.58. The van der Waals surface area contributed by atoms with E-state index in [0.717, 1.165) is 44.1 Å². The Morgan fingerprint density at radius 1 is 0.889 bits per heavy atom. The number of fused-ring (bicyclic) bond motifs is 4. The first-order chi connectivity index (χ1) is 13.2. The Morgan fingerprint density at radius 3 is 2.52 bits per heavy atom. The molecule has 0 bridgehead atoms. The summed E-state index contributed by atoms with van der Waals surface area (Å²) < 4.78 is 6.20. The number of nitrogens with zero attached hydrogens (tertiary/aromatic N) is 1. The molecule has 130 valence electrons. The van der Waals surface area contributed by atoms with Crippen LogP contribution in [0, 0.1) is 6.92 Å². The summed E-state index contributed by atoms with van der Waals surface area (Å²) in [6.45, 7) is 6.47. The number of para-hydroxylation sites is 2. The van der Waals surface area contributed by atoms with Crippen LogP contribution in [-0.2, 0) is 0 Å². The summed E-state index contributed by atoms with van der Waals surface area (Å²) >= 11 is 0. The zero-order valence-electron chi connectivity index (χ0n) is 15.1. The van der Waals surface area contributed by atoms with Crippen LogP contribution < -0.4 is 15.5 Å². The lowest BCUT2D eigenvalue weighted by molar-refractivity contribution is 0.574. The Bertz CT molecular complexity index is 1300. The molecule has 4 aromatic rings. The Hall–Kier alpha value is -3.52. The number of anilines is 2. The summed E-state index contributed by atoms with van der Waals surface area (Å²) in [5.74, 6) is 0. The van der Waals surface area contributed by atoms with Crippen LogP contribution in [0.4, 0.5) is 11.4 Å². The van der Waals surface area contributed by atoms with Crippen LogP contribution in [0.3, 0.4) is 0 Å². The lowest BCUT2D eigenvalue weighted by Crippen LogP contribution is -2.27. The lowest BCUT2D eigenvalue weighted by atomic mass is 9.99. The number of hydrogen-bond donors (Lipinski definition) is 0. The first-order valence-corrected chi connectivity index (χ1v) is 9.06. The van der Waals surface area contributed by atoms with Gasteiger partial charge in [0.1, 0.15) is 5.58 Å². The molecule has 2 nitrogen and oxygen atoms in total. The molecule has 0 aliphatic carbocycles. The van der Waals surface area contributed by atoms with Gasteiger partial charge in [-0.15, -0.1) is 0 Å². The highest BCUT2D eigenvalue weighted by Crippen LogP contribution is 2.34. The smallest absolute Gasteiger partial charge is 0.151 e. The maximum atomic E-state index is 6.20. The maximum absolute atomic E-state index is 6.20. The molecule has 0 N–H and O–H groups in total. The zero-order chi connectivity index (χ0) is 18.4. The van der Waals surface area contributed by atoms with Gasteiger partial charge >= 0.3 is 0 Å². The van der Waals surface area contributed by atoms with Crippen LogP contribution in [-0.4, -0.2) is 0 Å². The van der Waals surface area contributed by atoms with E-state index in [2.05, 4.69) is 79.2 Å². The first-order valence-electron chi connectivity index (χ1n) is 9.06. The van der Waals surface area contributed by atoms with E-state index in [1.165, 1.54) is 5.56 Å². The average molecular weight is 349 g/mol. The second-order valence-corrected chi connectivity index (χ2v) is 6.90. The van der Waals surface area contributed by atoms with Gasteiger partial charge in [-0.05, 0) is 48.4 Å². The van der Waals surface area contributed by atoms with Gasteiger partial charge in [0.2, 0.25) is 0 Å². The number of allylic oxidation sites excluding steroid dienone is 1. The molecule has 0 atom stereocenters. The molecule has 1 aromatic heterocycles. The average Bonchev–Trinajstić information content (AvgIpc) is 3.02. The van der Waals surface area contributed by atoms with E-state index < -0.39 is 0 Å². The molecule has 0 spiro atoms. The highest BCUT2D eigenvalue weighted by Gasteiger charge is 2.17. The molecule has 0 amide bonds. The Balaban J connectivity index is 1.91. The summed E-state index contributed by atoms with van der Waals surface area (Å²) in [6, 6.07) is 25.0. The molecule has 0 saturated carbocycles. The Kier molecular flexibility index (Phi) is 3.51. The number of aryl methyl sites for hydroxylation is 1. The van der Waals surface area contributed by atoms with E-state index in [1.54, 1.807) is 0 Å². The van der Waals surface area contributed by atoms with E-state index in [0.29, 0.717) is 0 Å². The summed E-state index contributed by atoms with van der Waals surface area (Å²) in [6.07, 6.45) is 4.22. The fourth-order valence-electron chi connectivity index (χ4n) is 3.68. The second kappa shape index (κ2) is 6.03. The lowest BCUT2D eigenvalue weighted by Gasteiger charge is -2.25. The molecule has 0 unspecified atom stereocenters. The number of benzene rings is 3. The highest BCUT2D eigenvalue weighted by atomic mass is 16.3. The molecule has 5 rings (SSSR count). The number of furan rings is 1. The van der Waals surface area contributed by atoms with Gasteiger partial charge in [-0.1, -0.05) is 55.1 Å². The van der Waals surface area contributed by atoms with Crippen LogP contribution in [0.25, 0.3) is 28.8 Å². The van der Waals surface area contributed by atoms with Crippen LogP contribution >= 0.6 is 0 Å². The first kappa shape index (κ1) is 15.7. The number of rotatable bonds is 1. The minimum atomic E-state index is 0.841. The molecule has 0 saturated heterocycles. The van der Waals surface area contributed by atoms with Gasteiger partial charge in [0, 0.05) is 21.9 Å². The summed E-state index contributed by atoms with van der Waals surface area (Å²) in [7, 11) is 0. The summed E-state index contributed by atoms with van der Waals surface area (Å²) in [4.78, 5) is 2.20. The van der Waals surface area contributed by atoms with E-state index >= 15 is 0 Å². The predicted molar refractivity (Wildman–Crippen MR) is 113 cm³/mol. The predicted octanol–water partition coefficient (Wildman–Crippen LogP) is 5.12. The standard InChI is InChI=1S/C25H19NO/c1-17-12-13-20-18(2)15-22-21-10-6-7-11-24(21)27-25(22)16-26(23(20)14-17)19-8-4-3-5-9-19/h3-16H,2H2,1H3/b22-15-,25-16+. The highest BCUT2D eigenvalue weighted by molar-refractivity contribution is 5.98. The van der Waals surface area contributed by atoms with Gasteiger partial charge in [0.15, 0.2) is 5.42 Å². The van der Waals surface area contributed by atoms with Crippen molar-refractivity contribution in [2.24, 2.45) is 0 Å². The minimum absolute atomic E-state index is 0.841. The van der Waals surface area contributed by atoms with Gasteiger partial charge in [0.25, 0.3) is 0 Å². The third-order valence-electron chi connectivity index (χ3n) is 5.02. The molecule has 27 heavy (non-hydrogen) atoms. The minimum Gasteiger partial charge on any atom is -0.455 e. The van der Waals surface area contributed by atoms with Gasteiger partial charge in [0.05, 0.1) is 11.9 Å². The zero-order valence-corrected chi connectivity index (χ0v) is 15.1. The molecular weight excluding hydrogens is 330 g/mol. The van der Waals surface area contributed by atoms with E-state index in [9.17, 15) is 0 Å². The topological polar surface area (TPSA) is 16.4 Å². The fourth-order valence-corrected chi connectivity index (χ4v) is 3.68. The Morgan fingerprint density at radius 2 is 1.67 bits per heavy atom. The molecule has 0 fully saturated rings. The van der Waals surface area contributed by atoms with E-state index in [1.807, 2.05) is 24.3 Å². The molecule has 1 aliphatic heterocycles. The van der Waals surface area contributed by atoms with Gasteiger partial charge < -0.3 is 9.32 Å². The van der Waals surface area contributed by atoms with E-state index in [-0.39, 0.29) is 0 Å². The SMILES string of the molecule is C=C1/C=c2\c(oc3ccccc23)=C/N(c2ccccc2)c2cc(C)ccc21. The third-order valence-corrected chi connectivity index (χ3v) is 5.02. The van der Waals surface area contributed by atoms with Crippen LogP contribution in [0.15, 0.2) is 83.8 Å². The Labute approximate surface area is 158 Å². The van der Waals surface area contributed by atoms with Crippen molar-refractivity contribution >= 4 is 40.2 Å². The van der Waals surface area contributed by atoms with Crippen molar-refractivity contribution in [2.75, 3.05) is 4.90 Å². The van der Waals surface area contributed by atoms with Crippen molar-refractivity contribution in [3.8, 4) is 0 Å². The van der Waals surface area contributed by atoms with Crippen molar-refractivity contribution in [3.63, 3.8) is 0 Å². The van der Waals surface area contributed by atoms with Crippen LogP contribution in [0.2, 0.25) is 0 Å². The van der Waals surface area contributed by atoms with Crippen molar-refractivity contribution in [1.82, 2.24) is 0 Å². The van der Waals surface area contributed by atoms with Crippen LogP contribution in [0.5, 0.6) is 0 Å². The fraction of sp³-hybridized carbons (Fsp3) is 0.0400. The van der Waals surface area contributed by atoms with Crippen molar-refractivity contribution < 1.29 is 4.42 Å². The van der Waals surface area contributed by atoms with E-state index in [4.69, 9.17) is 4.42 Å². The quantitative estimate of drug-likeness (QED) is 0.474. The van der Waals surface area contributed by atoms with Crippen molar-refractivity contribution in [1.29, 1.82) is 0 Å². The second-order valence-electron chi connectivity index (χ2n) is 6.90. The monoisotopic (exact) mass is 349 g/mol. The largest absolute Gasteiger partial charge is 0.455 e. The van der Waals surface area contributed by atoms with Crippen molar-refractivity contribution in [2.45, 2.75) is 6.92 Å². The molecule has 3 aromatic carbocycles. The summed E-state index contributed by atoms with van der Waals surface area (Å²) in [5.41, 5.74) is 7.23. The van der Waals surface area contributed by atoms with Crippen molar-refractivity contribution in [3.05, 3.63) is 101 Å². The maximum Gasteiger partial charge on any atom is 0.151 e. The molecule has 1 aliphatic rings. The van der Waals surface area contributed by atoms with Gasteiger partial charge in [-0.3, -0.25) is 0 Å². The van der Waals surface area contributed by atoms with Gasteiger partial charge in [-0.25, -0.2) is 0 Å². The molecule has 2 heterocycles. The number of hydrogen-bond acceptors (Lipinski definition) is 2.